The molecule has 1 aliphatic rings. The quantitative estimate of drug-likeness (QED) is 0.835. The Morgan fingerprint density at radius 3 is 2.21 bits per heavy atom. The van der Waals surface area contributed by atoms with Gasteiger partial charge in [-0.1, -0.05) is 26.0 Å². The summed E-state index contributed by atoms with van der Waals surface area (Å²) < 4.78 is 27.2. The van der Waals surface area contributed by atoms with Gasteiger partial charge in [-0.3, -0.25) is 0 Å². The summed E-state index contributed by atoms with van der Waals surface area (Å²) in [6, 6.07) is 7.26. The lowest BCUT2D eigenvalue weighted by Crippen LogP contribution is -2.48. The molecule has 2 heterocycles. The summed E-state index contributed by atoms with van der Waals surface area (Å²) in [7, 11) is -3.42. The Bertz CT molecular complexity index is 789. The second kappa shape index (κ2) is 6.82. The van der Waals surface area contributed by atoms with Gasteiger partial charge in [-0.2, -0.15) is 4.31 Å². The monoisotopic (exact) mass is 365 g/mol. The summed E-state index contributed by atoms with van der Waals surface area (Å²) in [6.45, 7) is 8.57. The molecule has 1 aromatic carbocycles. The Hall–Kier alpha value is -1.44. The van der Waals surface area contributed by atoms with E-state index in [9.17, 15) is 8.42 Å². The summed E-state index contributed by atoms with van der Waals surface area (Å²) in [4.78, 5) is 8.10. The van der Waals surface area contributed by atoms with E-state index in [0.29, 0.717) is 37.0 Å². The van der Waals surface area contributed by atoms with Crippen molar-refractivity contribution in [1.82, 2.24) is 9.29 Å². The van der Waals surface area contributed by atoms with Crippen LogP contribution in [0.4, 0.5) is 5.13 Å². The first-order valence-electron chi connectivity index (χ1n) is 8.15. The zero-order valence-electron chi connectivity index (χ0n) is 14.3. The highest BCUT2D eigenvalue weighted by atomic mass is 32.2. The lowest BCUT2D eigenvalue weighted by molar-refractivity contribution is 0.384. The van der Waals surface area contributed by atoms with E-state index in [1.165, 1.54) is 4.88 Å². The van der Waals surface area contributed by atoms with Crippen molar-refractivity contribution in [1.29, 1.82) is 0 Å². The highest BCUT2D eigenvalue weighted by Crippen LogP contribution is 2.25. The molecule has 0 spiro atoms. The molecule has 0 amide bonds. The van der Waals surface area contributed by atoms with Gasteiger partial charge in [0.2, 0.25) is 10.0 Å². The van der Waals surface area contributed by atoms with Crippen LogP contribution in [0.1, 0.15) is 30.2 Å². The van der Waals surface area contributed by atoms with Crippen molar-refractivity contribution in [2.75, 3.05) is 31.1 Å². The molecule has 5 nitrogen and oxygen atoms in total. The predicted octanol–water partition coefficient (Wildman–Crippen LogP) is 3.09. The van der Waals surface area contributed by atoms with Gasteiger partial charge in [0, 0.05) is 37.3 Å². The fourth-order valence-electron chi connectivity index (χ4n) is 2.78. The number of nitrogens with zero attached hydrogens (tertiary/aromatic N) is 3. The molecular weight excluding hydrogens is 342 g/mol. The topological polar surface area (TPSA) is 53.5 Å². The number of aromatic nitrogens is 1. The number of anilines is 1. The van der Waals surface area contributed by atoms with Gasteiger partial charge in [0.25, 0.3) is 0 Å². The second-order valence-electron chi connectivity index (χ2n) is 6.37. The van der Waals surface area contributed by atoms with Crippen LogP contribution in [0.25, 0.3) is 0 Å². The lowest BCUT2D eigenvalue weighted by atomic mass is 10.0. The van der Waals surface area contributed by atoms with Gasteiger partial charge in [-0.25, -0.2) is 13.4 Å². The third-order valence-corrected chi connectivity index (χ3v) is 7.19. The number of piperazine rings is 1. The average molecular weight is 366 g/mol. The number of benzene rings is 1. The molecule has 0 aliphatic carbocycles. The van der Waals surface area contributed by atoms with E-state index in [4.69, 9.17) is 0 Å². The van der Waals surface area contributed by atoms with Crippen molar-refractivity contribution in [3.63, 3.8) is 0 Å². The van der Waals surface area contributed by atoms with E-state index in [2.05, 4.69) is 23.7 Å². The molecule has 0 atom stereocenters. The van der Waals surface area contributed by atoms with Gasteiger partial charge in [0.1, 0.15) is 0 Å². The maximum absolute atomic E-state index is 12.8. The standard InChI is InChI=1S/C17H23N3O2S2/c1-13(2)15-4-6-16(7-5-15)24(21,22)20-10-8-19(9-11-20)17-18-12-14(3)23-17/h4-7,12-13H,8-11H2,1-3H3. The summed E-state index contributed by atoms with van der Waals surface area (Å²) in [5.41, 5.74) is 1.15. The number of sulfonamides is 1. The molecule has 7 heteroatoms. The fourth-order valence-corrected chi connectivity index (χ4v) is 5.02. The summed E-state index contributed by atoms with van der Waals surface area (Å²) >= 11 is 1.65. The SMILES string of the molecule is Cc1cnc(N2CCN(S(=O)(=O)c3ccc(C(C)C)cc3)CC2)s1. The van der Waals surface area contributed by atoms with E-state index in [0.717, 1.165) is 10.7 Å². The minimum atomic E-state index is -3.42. The minimum absolute atomic E-state index is 0.380. The Morgan fingerprint density at radius 1 is 1.08 bits per heavy atom. The summed E-state index contributed by atoms with van der Waals surface area (Å²) in [6.07, 6.45) is 1.86. The third kappa shape index (κ3) is 3.48. The van der Waals surface area contributed by atoms with Crippen LogP contribution in [0.2, 0.25) is 0 Å². The molecule has 1 fully saturated rings. The van der Waals surface area contributed by atoms with Gasteiger partial charge in [-0.05, 0) is 30.5 Å². The van der Waals surface area contributed by atoms with Gasteiger partial charge in [0.05, 0.1) is 4.90 Å². The minimum Gasteiger partial charge on any atom is -0.345 e. The number of thiazole rings is 1. The first-order chi connectivity index (χ1) is 11.4. The molecule has 3 rings (SSSR count). The van der Waals surface area contributed by atoms with Crippen molar-refractivity contribution in [2.24, 2.45) is 0 Å². The zero-order valence-corrected chi connectivity index (χ0v) is 15.9. The van der Waals surface area contributed by atoms with Gasteiger partial charge >= 0.3 is 0 Å². The normalized spacial score (nSPS) is 16.8. The van der Waals surface area contributed by atoms with E-state index in [1.54, 1.807) is 27.8 Å². The maximum atomic E-state index is 12.8. The molecule has 2 aromatic rings. The molecule has 0 N–H and O–H groups in total. The van der Waals surface area contributed by atoms with Crippen LogP contribution in [-0.2, 0) is 10.0 Å². The molecule has 0 unspecified atom stereocenters. The molecule has 1 aliphatic heterocycles. The number of hydrogen-bond donors (Lipinski definition) is 0. The molecule has 24 heavy (non-hydrogen) atoms. The van der Waals surface area contributed by atoms with Crippen molar-refractivity contribution >= 4 is 26.5 Å². The molecule has 130 valence electrons. The molecule has 1 saturated heterocycles. The Kier molecular flexibility index (Phi) is 4.94. The van der Waals surface area contributed by atoms with Gasteiger partial charge in [0.15, 0.2) is 5.13 Å². The predicted molar refractivity (Wildman–Crippen MR) is 98.4 cm³/mol. The smallest absolute Gasteiger partial charge is 0.243 e. The van der Waals surface area contributed by atoms with Crippen LogP contribution in [0.15, 0.2) is 35.4 Å². The van der Waals surface area contributed by atoms with Crippen LogP contribution >= 0.6 is 11.3 Å². The zero-order chi connectivity index (χ0) is 17.3. The van der Waals surface area contributed by atoms with Crippen molar-refractivity contribution in [2.45, 2.75) is 31.6 Å². The molecule has 0 saturated carbocycles. The highest BCUT2D eigenvalue weighted by Gasteiger charge is 2.29. The number of rotatable bonds is 4. The maximum Gasteiger partial charge on any atom is 0.243 e. The Morgan fingerprint density at radius 2 is 1.71 bits per heavy atom. The van der Waals surface area contributed by atoms with E-state index < -0.39 is 10.0 Å². The molecule has 0 bridgehead atoms. The summed E-state index contributed by atoms with van der Waals surface area (Å²) in [5.74, 6) is 0.395. The average Bonchev–Trinajstić information content (AvgIpc) is 3.01. The Labute approximate surface area is 148 Å². The third-order valence-electron chi connectivity index (χ3n) is 4.30. The number of hydrogen-bond acceptors (Lipinski definition) is 5. The van der Waals surface area contributed by atoms with E-state index in [1.807, 2.05) is 25.3 Å². The number of aryl methyl sites for hydroxylation is 1. The van der Waals surface area contributed by atoms with E-state index in [-0.39, 0.29) is 0 Å². The van der Waals surface area contributed by atoms with Crippen LogP contribution < -0.4 is 4.90 Å². The lowest BCUT2D eigenvalue weighted by Gasteiger charge is -2.33. The van der Waals surface area contributed by atoms with Crippen LogP contribution in [-0.4, -0.2) is 43.9 Å². The molecule has 0 radical (unpaired) electrons. The highest BCUT2D eigenvalue weighted by molar-refractivity contribution is 7.89. The molecular formula is C17H23N3O2S2. The van der Waals surface area contributed by atoms with Crippen molar-refractivity contribution in [3.8, 4) is 0 Å². The Balaban J connectivity index is 1.70. The first kappa shape index (κ1) is 17.4. The van der Waals surface area contributed by atoms with Crippen LogP contribution in [0.5, 0.6) is 0 Å². The van der Waals surface area contributed by atoms with E-state index >= 15 is 0 Å². The van der Waals surface area contributed by atoms with Gasteiger partial charge < -0.3 is 4.90 Å². The first-order valence-corrected chi connectivity index (χ1v) is 10.4. The van der Waals surface area contributed by atoms with Crippen molar-refractivity contribution in [3.05, 3.63) is 40.9 Å². The largest absolute Gasteiger partial charge is 0.345 e. The van der Waals surface area contributed by atoms with Crippen LogP contribution in [0, 0.1) is 6.92 Å². The van der Waals surface area contributed by atoms with Crippen LogP contribution in [0.3, 0.4) is 0 Å². The second-order valence-corrected chi connectivity index (χ2v) is 9.52. The van der Waals surface area contributed by atoms with Gasteiger partial charge in [-0.15, -0.1) is 11.3 Å². The fraction of sp³-hybridized carbons (Fsp3) is 0.471. The van der Waals surface area contributed by atoms with Crippen molar-refractivity contribution < 1.29 is 8.42 Å². The summed E-state index contributed by atoms with van der Waals surface area (Å²) in [5, 5.41) is 0.978. The molecule has 1 aromatic heterocycles.